The molecule has 157 valence electrons. The van der Waals surface area contributed by atoms with Gasteiger partial charge in [0.15, 0.2) is 0 Å². The van der Waals surface area contributed by atoms with Gasteiger partial charge in [-0.15, -0.1) is 0 Å². The van der Waals surface area contributed by atoms with E-state index in [0.717, 1.165) is 22.7 Å². The van der Waals surface area contributed by atoms with E-state index in [2.05, 4.69) is 34.0 Å². The van der Waals surface area contributed by atoms with Crippen LogP contribution in [0.25, 0.3) is 22.6 Å². The Morgan fingerprint density at radius 2 is 1.43 bits per heavy atom. The van der Waals surface area contributed by atoms with Crippen molar-refractivity contribution in [1.29, 1.82) is 0 Å². The van der Waals surface area contributed by atoms with E-state index >= 15 is 0 Å². The monoisotopic (exact) mass is 478 g/mol. The molecule has 0 spiro atoms. The molecule has 0 atom stereocenters. The number of imidazole rings is 1. The summed E-state index contributed by atoms with van der Waals surface area (Å²) in [4.78, 5) is 13.0. The first-order valence-electron chi connectivity index (χ1n) is 9.51. The fourth-order valence-electron chi connectivity index (χ4n) is 2.75. The van der Waals surface area contributed by atoms with Crippen molar-refractivity contribution in [3.63, 3.8) is 0 Å². The van der Waals surface area contributed by atoms with Gasteiger partial charge in [0, 0.05) is 49.7 Å². The fraction of sp³-hybridized carbons (Fsp3) is 0.240. The van der Waals surface area contributed by atoms with Gasteiger partial charge in [-0.25, -0.2) is 0 Å². The van der Waals surface area contributed by atoms with Gasteiger partial charge in [-0.2, -0.15) is 0 Å². The first kappa shape index (κ1) is 28.0. The van der Waals surface area contributed by atoms with Crippen LogP contribution in [-0.2, 0) is 32.7 Å². The van der Waals surface area contributed by atoms with Gasteiger partial charge in [-0.3, -0.25) is 0 Å². The SMILES string of the molecule is CC.COc1c(C)cccc1C.Cc1ccc(-c2nc3cccnc3[n-]2)cc1.[CH3-].[Y]. The summed E-state index contributed by atoms with van der Waals surface area (Å²) in [7, 11) is 1.70. The average Bonchev–Trinajstić information content (AvgIpc) is 3.15. The molecule has 2 aromatic carbocycles. The zero-order valence-corrected chi connectivity index (χ0v) is 21.9. The maximum atomic E-state index is 5.18. The van der Waals surface area contributed by atoms with Gasteiger partial charge in [0.2, 0.25) is 0 Å². The molecular formula is C25H31N3OY-2. The van der Waals surface area contributed by atoms with Crippen molar-refractivity contribution in [2.75, 3.05) is 7.11 Å². The van der Waals surface area contributed by atoms with Crippen molar-refractivity contribution in [1.82, 2.24) is 15.0 Å². The van der Waals surface area contributed by atoms with Gasteiger partial charge < -0.3 is 27.1 Å². The molecule has 4 nitrogen and oxygen atoms in total. The second-order valence-corrected chi connectivity index (χ2v) is 6.18. The van der Waals surface area contributed by atoms with Crippen LogP contribution >= 0.6 is 0 Å². The van der Waals surface area contributed by atoms with E-state index in [1.165, 1.54) is 16.7 Å². The standard InChI is InChI=1S/C13H10N3.C9H12O.C2H6.CH3.Y/c1-9-4-6-10(7-5-9)12-15-11-3-2-8-14-13(11)16-12;1-7-5-4-6-8(2)9(7)10-3;1-2;;/h2-8H,1H3;4-6H,1-3H3;1-2H3;1H3;/q-1;;;-1;. The molecule has 5 heteroatoms. The van der Waals surface area contributed by atoms with Crippen molar-refractivity contribution >= 4 is 11.2 Å². The molecule has 0 aliphatic rings. The second-order valence-electron chi connectivity index (χ2n) is 6.18. The third-order valence-electron chi connectivity index (χ3n) is 4.13. The van der Waals surface area contributed by atoms with Gasteiger partial charge in [0.1, 0.15) is 5.75 Å². The summed E-state index contributed by atoms with van der Waals surface area (Å²) in [5.41, 5.74) is 6.21. The number of nitrogens with zero attached hydrogens (tertiary/aromatic N) is 3. The van der Waals surface area contributed by atoms with Crippen LogP contribution in [0, 0.1) is 28.2 Å². The first-order valence-corrected chi connectivity index (χ1v) is 9.51. The maximum Gasteiger partial charge on any atom is 0.124 e. The zero-order chi connectivity index (χ0) is 20.5. The summed E-state index contributed by atoms with van der Waals surface area (Å²) >= 11 is 0. The van der Waals surface area contributed by atoms with E-state index in [9.17, 15) is 0 Å². The van der Waals surface area contributed by atoms with E-state index in [4.69, 9.17) is 4.74 Å². The third kappa shape index (κ3) is 7.34. The molecule has 1 radical (unpaired) electrons. The number of para-hydroxylation sites is 1. The first-order chi connectivity index (χ1) is 13.6. The molecule has 2 heterocycles. The Morgan fingerprint density at radius 1 is 0.833 bits per heavy atom. The zero-order valence-electron chi connectivity index (χ0n) is 19.1. The predicted octanol–water partition coefficient (Wildman–Crippen LogP) is 6.35. The van der Waals surface area contributed by atoms with Crippen LogP contribution in [0.4, 0.5) is 0 Å². The number of fused-ring (bicyclic) bond motifs is 1. The topological polar surface area (TPSA) is 49.1 Å². The largest absolute Gasteiger partial charge is 0.496 e. The van der Waals surface area contributed by atoms with E-state index in [1.54, 1.807) is 13.3 Å². The molecule has 2 aromatic heterocycles. The summed E-state index contributed by atoms with van der Waals surface area (Å²) in [6.07, 6.45) is 1.73. The maximum absolute atomic E-state index is 5.18. The molecule has 30 heavy (non-hydrogen) atoms. The number of benzene rings is 2. The van der Waals surface area contributed by atoms with Crippen LogP contribution in [0.1, 0.15) is 30.5 Å². The molecule has 0 bridgehead atoms. The summed E-state index contributed by atoms with van der Waals surface area (Å²) in [5.74, 6) is 1.75. The minimum atomic E-state index is 0. The Labute approximate surface area is 206 Å². The van der Waals surface area contributed by atoms with Crippen LogP contribution in [0.15, 0.2) is 60.8 Å². The number of ether oxygens (including phenoxy) is 1. The van der Waals surface area contributed by atoms with Crippen molar-refractivity contribution in [2.45, 2.75) is 34.6 Å². The Hall–Kier alpha value is -2.04. The van der Waals surface area contributed by atoms with E-state index in [1.807, 2.05) is 70.2 Å². The molecular weight excluding hydrogens is 447 g/mol. The molecule has 0 unspecified atom stereocenters. The minimum absolute atomic E-state index is 0. The van der Waals surface area contributed by atoms with Crippen LogP contribution in [0.5, 0.6) is 5.75 Å². The minimum Gasteiger partial charge on any atom is -0.496 e. The summed E-state index contributed by atoms with van der Waals surface area (Å²) in [5, 5.41) is 0. The molecule has 4 aromatic rings. The summed E-state index contributed by atoms with van der Waals surface area (Å²) < 4.78 is 5.18. The normalized spacial score (nSPS) is 9.13. The third-order valence-corrected chi connectivity index (χ3v) is 4.13. The Morgan fingerprint density at radius 3 is 1.93 bits per heavy atom. The van der Waals surface area contributed by atoms with Gasteiger partial charge in [0.05, 0.1) is 7.11 Å². The van der Waals surface area contributed by atoms with Crippen LogP contribution < -0.4 is 9.72 Å². The molecule has 4 rings (SSSR count). The fourth-order valence-corrected chi connectivity index (χ4v) is 2.75. The van der Waals surface area contributed by atoms with Crippen molar-refractivity contribution in [3.8, 4) is 17.1 Å². The average molecular weight is 478 g/mol. The number of rotatable bonds is 2. The van der Waals surface area contributed by atoms with Gasteiger partial charge in [0.25, 0.3) is 0 Å². The Kier molecular flexibility index (Phi) is 13.1. The number of aromatic nitrogens is 3. The molecule has 0 amide bonds. The van der Waals surface area contributed by atoms with Crippen LogP contribution in [0.2, 0.25) is 0 Å². The van der Waals surface area contributed by atoms with Crippen molar-refractivity contribution < 1.29 is 37.4 Å². The van der Waals surface area contributed by atoms with E-state index in [-0.39, 0.29) is 40.1 Å². The van der Waals surface area contributed by atoms with Crippen LogP contribution in [0.3, 0.4) is 0 Å². The molecule has 0 aliphatic heterocycles. The van der Waals surface area contributed by atoms with Crippen molar-refractivity contribution in [2.24, 2.45) is 0 Å². The quantitative estimate of drug-likeness (QED) is 0.315. The number of hydrogen-bond donors (Lipinski definition) is 0. The summed E-state index contributed by atoms with van der Waals surface area (Å²) in [6, 6.07) is 18.1. The smallest absolute Gasteiger partial charge is 0.124 e. The number of hydrogen-bond acceptors (Lipinski definition) is 3. The second kappa shape index (κ2) is 14.1. The van der Waals surface area contributed by atoms with Gasteiger partial charge in [-0.05, 0) is 43.7 Å². The summed E-state index contributed by atoms with van der Waals surface area (Å²) in [6.45, 7) is 10.2. The van der Waals surface area contributed by atoms with Crippen LogP contribution in [-0.4, -0.2) is 17.1 Å². The predicted molar refractivity (Wildman–Crippen MR) is 123 cm³/mol. The molecule has 0 saturated heterocycles. The number of methoxy groups -OCH3 is 1. The van der Waals surface area contributed by atoms with Gasteiger partial charge >= 0.3 is 0 Å². The number of aryl methyl sites for hydroxylation is 3. The van der Waals surface area contributed by atoms with Crippen molar-refractivity contribution in [3.05, 3.63) is 84.9 Å². The van der Waals surface area contributed by atoms with Gasteiger partial charge in [-0.1, -0.05) is 74.0 Å². The Balaban J connectivity index is 0.000000528. The Bertz CT molecular complexity index is 957. The number of pyridine rings is 1. The molecule has 0 saturated carbocycles. The molecule has 0 aliphatic carbocycles. The van der Waals surface area contributed by atoms with E-state index in [0.29, 0.717) is 5.65 Å². The molecule has 0 fully saturated rings. The van der Waals surface area contributed by atoms with E-state index < -0.39 is 0 Å². The molecule has 0 N–H and O–H groups in total.